The number of nitrogens with two attached hydrogens (primary N) is 1. The minimum Gasteiger partial charge on any atom is -0.452 e. The van der Waals surface area contributed by atoms with E-state index in [1.807, 2.05) is 17.5 Å². The van der Waals surface area contributed by atoms with E-state index in [4.69, 9.17) is 10.5 Å². The van der Waals surface area contributed by atoms with Gasteiger partial charge in [-0.15, -0.1) is 0 Å². The fourth-order valence-electron chi connectivity index (χ4n) is 1.55. The molecular weight excluding hydrogens is 224 g/mol. The Morgan fingerprint density at radius 2 is 2.12 bits per heavy atom. The summed E-state index contributed by atoms with van der Waals surface area (Å²) in [7, 11) is 0. The molecule has 0 heterocycles. The molecule has 0 radical (unpaired) electrons. The number of nitrogens with one attached hydrogen (secondary N) is 1. The van der Waals surface area contributed by atoms with Crippen molar-refractivity contribution < 1.29 is 19.1 Å². The molecule has 3 amide bonds. The van der Waals surface area contributed by atoms with E-state index in [2.05, 4.69) is 0 Å². The third-order valence-electron chi connectivity index (χ3n) is 2.51. The smallest absolute Gasteiger partial charge is 0.318 e. The van der Waals surface area contributed by atoms with Crippen LogP contribution in [-0.4, -0.2) is 24.0 Å². The normalized spacial score (nSPS) is 20.4. The van der Waals surface area contributed by atoms with Crippen LogP contribution >= 0.6 is 0 Å². The van der Waals surface area contributed by atoms with E-state index in [0.29, 0.717) is 6.42 Å². The summed E-state index contributed by atoms with van der Waals surface area (Å²) in [6.45, 7) is 1.40. The van der Waals surface area contributed by atoms with Crippen molar-refractivity contribution in [1.82, 2.24) is 5.32 Å². The first kappa shape index (κ1) is 13.2. The van der Waals surface area contributed by atoms with Crippen LogP contribution in [0, 0.1) is 5.92 Å². The standard InChI is InChI=1S/C11H16N2O4/c1-7(9(14)13-11(12)16)17-10(15)8-5-3-2-4-6-8/h2-3,7-8H,4-6H2,1H3,(H3,12,13,14,16)/t7-,8-/m1/s1. The van der Waals surface area contributed by atoms with Gasteiger partial charge in [-0.25, -0.2) is 4.79 Å². The molecule has 17 heavy (non-hydrogen) atoms. The average molecular weight is 240 g/mol. The van der Waals surface area contributed by atoms with Crippen LogP contribution in [-0.2, 0) is 14.3 Å². The Labute approximate surface area is 99.2 Å². The summed E-state index contributed by atoms with van der Waals surface area (Å²) in [5.41, 5.74) is 4.78. The van der Waals surface area contributed by atoms with Crippen molar-refractivity contribution in [2.24, 2.45) is 11.7 Å². The van der Waals surface area contributed by atoms with Crippen molar-refractivity contribution in [1.29, 1.82) is 0 Å². The number of rotatable bonds is 3. The number of hydrogen-bond acceptors (Lipinski definition) is 4. The monoisotopic (exact) mass is 240 g/mol. The summed E-state index contributed by atoms with van der Waals surface area (Å²) in [4.78, 5) is 33.4. The Hall–Kier alpha value is -1.85. The predicted molar refractivity (Wildman–Crippen MR) is 59.8 cm³/mol. The predicted octanol–water partition coefficient (Wildman–Crippen LogP) is 0.469. The van der Waals surface area contributed by atoms with Crippen LogP contribution in [0.25, 0.3) is 0 Å². The van der Waals surface area contributed by atoms with E-state index in [-0.39, 0.29) is 5.92 Å². The Bertz CT molecular complexity index is 351. The number of amides is 3. The van der Waals surface area contributed by atoms with Crippen molar-refractivity contribution in [3.05, 3.63) is 12.2 Å². The molecular formula is C11H16N2O4. The van der Waals surface area contributed by atoms with Gasteiger partial charge >= 0.3 is 12.0 Å². The minimum atomic E-state index is -1.01. The zero-order valence-corrected chi connectivity index (χ0v) is 9.64. The molecule has 1 aliphatic rings. The Kier molecular flexibility index (Phi) is 4.68. The molecule has 0 aromatic rings. The molecule has 0 spiro atoms. The van der Waals surface area contributed by atoms with Gasteiger partial charge < -0.3 is 10.5 Å². The van der Waals surface area contributed by atoms with E-state index in [9.17, 15) is 14.4 Å². The SMILES string of the molecule is C[C@@H](OC(=O)[C@@H]1CC=CCC1)C(=O)NC(N)=O. The molecule has 0 bridgehead atoms. The lowest BCUT2D eigenvalue weighted by Gasteiger charge is -2.19. The Balaban J connectivity index is 2.42. The van der Waals surface area contributed by atoms with Gasteiger partial charge in [-0.2, -0.15) is 0 Å². The number of urea groups is 1. The number of imide groups is 1. The van der Waals surface area contributed by atoms with Gasteiger partial charge in [0, 0.05) is 0 Å². The highest BCUT2D eigenvalue weighted by molar-refractivity contribution is 5.96. The number of esters is 1. The topological polar surface area (TPSA) is 98.5 Å². The molecule has 0 unspecified atom stereocenters. The van der Waals surface area contributed by atoms with E-state index in [0.717, 1.165) is 12.8 Å². The van der Waals surface area contributed by atoms with Gasteiger partial charge in [-0.1, -0.05) is 12.2 Å². The van der Waals surface area contributed by atoms with Crippen LogP contribution in [0.2, 0.25) is 0 Å². The largest absolute Gasteiger partial charge is 0.452 e. The van der Waals surface area contributed by atoms with Crippen molar-refractivity contribution in [2.45, 2.75) is 32.3 Å². The lowest BCUT2D eigenvalue weighted by atomic mass is 9.95. The van der Waals surface area contributed by atoms with E-state index < -0.39 is 24.0 Å². The van der Waals surface area contributed by atoms with Crippen LogP contribution in [0.15, 0.2) is 12.2 Å². The maximum atomic E-state index is 11.6. The quantitative estimate of drug-likeness (QED) is 0.553. The zero-order valence-electron chi connectivity index (χ0n) is 9.64. The first-order valence-electron chi connectivity index (χ1n) is 5.46. The highest BCUT2D eigenvalue weighted by Crippen LogP contribution is 2.19. The highest BCUT2D eigenvalue weighted by atomic mass is 16.5. The van der Waals surface area contributed by atoms with Gasteiger partial charge in [-0.3, -0.25) is 14.9 Å². The fourth-order valence-corrected chi connectivity index (χ4v) is 1.55. The summed E-state index contributed by atoms with van der Waals surface area (Å²) in [6.07, 6.45) is 5.10. The van der Waals surface area contributed by atoms with Crippen LogP contribution in [0.3, 0.4) is 0 Å². The lowest BCUT2D eigenvalue weighted by Crippen LogP contribution is -2.42. The summed E-state index contributed by atoms with van der Waals surface area (Å²) >= 11 is 0. The van der Waals surface area contributed by atoms with Crippen LogP contribution < -0.4 is 11.1 Å². The first-order chi connectivity index (χ1) is 8.00. The van der Waals surface area contributed by atoms with Crippen molar-refractivity contribution in [3.63, 3.8) is 0 Å². The third-order valence-corrected chi connectivity index (χ3v) is 2.51. The van der Waals surface area contributed by atoms with Gasteiger partial charge in [0.25, 0.3) is 5.91 Å². The molecule has 0 saturated heterocycles. The molecule has 0 aliphatic heterocycles. The molecule has 0 fully saturated rings. The minimum absolute atomic E-state index is 0.205. The molecule has 6 nitrogen and oxygen atoms in total. The number of primary amides is 1. The fraction of sp³-hybridized carbons (Fsp3) is 0.545. The Morgan fingerprint density at radius 1 is 1.41 bits per heavy atom. The highest BCUT2D eigenvalue weighted by Gasteiger charge is 2.25. The van der Waals surface area contributed by atoms with Gasteiger partial charge in [0.1, 0.15) is 0 Å². The molecule has 0 aromatic heterocycles. The maximum absolute atomic E-state index is 11.6. The van der Waals surface area contributed by atoms with Gasteiger partial charge in [0.2, 0.25) is 0 Å². The van der Waals surface area contributed by atoms with Crippen molar-refractivity contribution in [2.75, 3.05) is 0 Å². The van der Waals surface area contributed by atoms with Gasteiger partial charge in [0.15, 0.2) is 6.10 Å². The third kappa shape index (κ3) is 4.26. The number of carbonyl (C=O) groups is 3. The van der Waals surface area contributed by atoms with E-state index >= 15 is 0 Å². The molecule has 0 aromatic carbocycles. The molecule has 6 heteroatoms. The van der Waals surface area contributed by atoms with Crippen molar-refractivity contribution in [3.8, 4) is 0 Å². The van der Waals surface area contributed by atoms with Crippen LogP contribution in [0.4, 0.5) is 4.79 Å². The Morgan fingerprint density at radius 3 is 2.65 bits per heavy atom. The van der Waals surface area contributed by atoms with Crippen molar-refractivity contribution >= 4 is 17.9 Å². The van der Waals surface area contributed by atoms with Crippen LogP contribution in [0.5, 0.6) is 0 Å². The molecule has 3 N–H and O–H groups in total. The lowest BCUT2D eigenvalue weighted by molar-refractivity contribution is -0.158. The number of hydrogen-bond donors (Lipinski definition) is 2. The molecule has 1 rings (SSSR count). The van der Waals surface area contributed by atoms with E-state index in [1.165, 1.54) is 6.92 Å². The molecule has 0 saturated carbocycles. The van der Waals surface area contributed by atoms with E-state index in [1.54, 1.807) is 0 Å². The molecule has 1 aliphatic carbocycles. The zero-order chi connectivity index (χ0) is 12.8. The van der Waals surface area contributed by atoms with Crippen LogP contribution in [0.1, 0.15) is 26.2 Å². The van der Waals surface area contributed by atoms with Gasteiger partial charge in [-0.05, 0) is 26.2 Å². The summed E-state index contributed by atoms with van der Waals surface area (Å²) in [5.74, 6) is -1.33. The number of carbonyl (C=O) groups excluding carboxylic acids is 3. The number of ether oxygens (including phenoxy) is 1. The average Bonchev–Trinajstić information content (AvgIpc) is 2.29. The van der Waals surface area contributed by atoms with Gasteiger partial charge in [0.05, 0.1) is 5.92 Å². The summed E-state index contributed by atoms with van der Waals surface area (Å²) < 4.78 is 4.96. The maximum Gasteiger partial charge on any atom is 0.318 e. The summed E-state index contributed by atoms with van der Waals surface area (Å²) in [5, 5.41) is 1.86. The second kappa shape index (κ2) is 6.03. The number of allylic oxidation sites excluding steroid dienone is 2. The summed E-state index contributed by atoms with van der Waals surface area (Å²) in [6, 6.07) is -0.960. The first-order valence-corrected chi connectivity index (χ1v) is 5.46. The second-order valence-corrected chi connectivity index (χ2v) is 3.91. The molecule has 94 valence electrons. The molecule has 2 atom stereocenters. The second-order valence-electron chi connectivity index (χ2n) is 3.91.